The highest BCUT2D eigenvalue weighted by molar-refractivity contribution is 5.89. The first-order valence-electron chi connectivity index (χ1n) is 9.41. The van der Waals surface area contributed by atoms with Crippen LogP contribution in [0.3, 0.4) is 0 Å². The van der Waals surface area contributed by atoms with Gasteiger partial charge in [-0.2, -0.15) is 0 Å². The number of hydrogen-bond donors (Lipinski definition) is 3. The summed E-state index contributed by atoms with van der Waals surface area (Å²) in [6.07, 6.45) is 2.03. The van der Waals surface area contributed by atoms with Gasteiger partial charge >= 0.3 is 6.03 Å². The molecule has 1 fully saturated rings. The van der Waals surface area contributed by atoms with Gasteiger partial charge < -0.3 is 20.3 Å². The van der Waals surface area contributed by atoms with Crippen molar-refractivity contribution >= 4 is 11.7 Å². The van der Waals surface area contributed by atoms with E-state index in [1.54, 1.807) is 4.90 Å². The molecule has 0 radical (unpaired) electrons. The Hall–Kier alpha value is -2.53. The highest BCUT2D eigenvalue weighted by atomic mass is 16.5. The summed E-state index contributed by atoms with van der Waals surface area (Å²) < 4.78 is 5.41. The van der Waals surface area contributed by atoms with Crippen molar-refractivity contribution in [2.75, 3.05) is 25.0 Å². The van der Waals surface area contributed by atoms with Gasteiger partial charge in [-0.25, -0.2) is 4.79 Å². The number of quaternary nitrogens is 1. The van der Waals surface area contributed by atoms with Crippen LogP contribution in [0.5, 0.6) is 5.75 Å². The van der Waals surface area contributed by atoms with Crippen molar-refractivity contribution in [2.24, 2.45) is 0 Å². The Morgan fingerprint density at radius 3 is 2.42 bits per heavy atom. The average Bonchev–Trinajstić information content (AvgIpc) is 2.66. The molecule has 0 aromatic heterocycles. The zero-order valence-corrected chi connectivity index (χ0v) is 15.3. The lowest BCUT2D eigenvalue weighted by Gasteiger charge is -2.29. The Labute approximate surface area is 155 Å². The van der Waals surface area contributed by atoms with Crippen LogP contribution in [0.15, 0.2) is 54.6 Å². The van der Waals surface area contributed by atoms with E-state index in [-0.39, 0.29) is 12.1 Å². The van der Waals surface area contributed by atoms with Gasteiger partial charge in [-0.1, -0.05) is 30.3 Å². The lowest BCUT2D eigenvalue weighted by atomic mass is 10.0. The molecule has 0 unspecified atom stereocenters. The van der Waals surface area contributed by atoms with Crippen molar-refractivity contribution < 1.29 is 14.4 Å². The smallest absolute Gasteiger partial charge is 0.319 e. The van der Waals surface area contributed by atoms with Crippen LogP contribution in [0, 0.1) is 0 Å². The molecule has 3 N–H and O–H groups in total. The molecule has 0 bridgehead atoms. The van der Waals surface area contributed by atoms with E-state index in [1.165, 1.54) is 5.56 Å². The van der Waals surface area contributed by atoms with Crippen LogP contribution in [-0.4, -0.2) is 31.8 Å². The van der Waals surface area contributed by atoms with Crippen LogP contribution < -0.4 is 20.3 Å². The number of anilines is 1. The molecular formula is C21H28N3O2+. The van der Waals surface area contributed by atoms with Gasteiger partial charge in [0, 0.05) is 30.1 Å². The topological polar surface area (TPSA) is 54.8 Å². The second kappa shape index (κ2) is 9.25. The summed E-state index contributed by atoms with van der Waals surface area (Å²) in [5, 5.41) is 5.99. The van der Waals surface area contributed by atoms with Crippen molar-refractivity contribution in [1.82, 2.24) is 5.32 Å². The molecule has 2 amide bonds. The summed E-state index contributed by atoms with van der Waals surface area (Å²) in [4.78, 5) is 13.8. The first-order chi connectivity index (χ1) is 12.7. The fraction of sp³-hybridized carbons (Fsp3) is 0.381. The highest BCUT2D eigenvalue weighted by Gasteiger charge is 2.23. The molecule has 0 saturated carbocycles. The summed E-state index contributed by atoms with van der Waals surface area (Å²) in [7, 11) is 0. The first-order valence-corrected chi connectivity index (χ1v) is 9.41. The van der Waals surface area contributed by atoms with Crippen LogP contribution >= 0.6 is 0 Å². The molecule has 0 atom stereocenters. The van der Waals surface area contributed by atoms with Gasteiger partial charge in [0.25, 0.3) is 0 Å². The van der Waals surface area contributed by atoms with E-state index in [0.29, 0.717) is 6.61 Å². The van der Waals surface area contributed by atoms with Crippen LogP contribution in [0.1, 0.15) is 25.3 Å². The summed E-state index contributed by atoms with van der Waals surface area (Å²) in [5.74, 6) is 0.812. The van der Waals surface area contributed by atoms with Gasteiger partial charge in [0.2, 0.25) is 0 Å². The molecule has 5 heteroatoms. The molecule has 0 spiro atoms. The Morgan fingerprint density at radius 2 is 1.77 bits per heavy atom. The van der Waals surface area contributed by atoms with Crippen molar-refractivity contribution in [3.05, 3.63) is 60.2 Å². The lowest BCUT2D eigenvalue weighted by molar-refractivity contribution is -0.918. The maximum atomic E-state index is 12.2. The Kier molecular flexibility index (Phi) is 6.50. The fourth-order valence-corrected chi connectivity index (χ4v) is 3.39. The number of benzene rings is 2. The third-order valence-electron chi connectivity index (χ3n) is 4.75. The molecule has 1 aliphatic rings. The van der Waals surface area contributed by atoms with E-state index < -0.39 is 0 Å². The van der Waals surface area contributed by atoms with E-state index in [4.69, 9.17) is 4.74 Å². The average molecular weight is 354 g/mol. The summed E-state index contributed by atoms with van der Waals surface area (Å²) >= 11 is 0. The number of rotatable bonds is 6. The Balaban J connectivity index is 1.40. The Bertz CT molecular complexity index is 680. The predicted octanol–water partition coefficient (Wildman–Crippen LogP) is 2.45. The number of hydrogen-bond acceptors (Lipinski definition) is 2. The molecule has 3 rings (SSSR count). The summed E-state index contributed by atoms with van der Waals surface area (Å²) in [6, 6.07) is 18.2. The zero-order valence-electron chi connectivity index (χ0n) is 15.3. The summed E-state index contributed by atoms with van der Waals surface area (Å²) in [5.41, 5.74) is 2.15. The number of nitrogens with one attached hydrogen (secondary N) is 3. The van der Waals surface area contributed by atoms with E-state index in [1.807, 2.05) is 31.2 Å². The van der Waals surface area contributed by atoms with Gasteiger partial charge in [0.05, 0.1) is 19.7 Å². The largest absolute Gasteiger partial charge is 0.494 e. The molecule has 5 nitrogen and oxygen atoms in total. The molecule has 1 heterocycles. The quantitative estimate of drug-likeness (QED) is 0.746. The fourth-order valence-electron chi connectivity index (χ4n) is 3.39. The molecule has 138 valence electrons. The van der Waals surface area contributed by atoms with Gasteiger partial charge in [-0.3, -0.25) is 0 Å². The maximum absolute atomic E-state index is 12.2. The third kappa shape index (κ3) is 5.49. The highest BCUT2D eigenvalue weighted by Crippen LogP contribution is 2.15. The van der Waals surface area contributed by atoms with Gasteiger partial charge in [0.1, 0.15) is 12.3 Å². The number of carbonyl (C=O) groups excluding carboxylic acids is 1. The minimum Gasteiger partial charge on any atom is -0.494 e. The van der Waals surface area contributed by atoms with E-state index in [0.717, 1.165) is 43.9 Å². The van der Waals surface area contributed by atoms with E-state index >= 15 is 0 Å². The standard InChI is InChI=1S/C21H27N3O2/c1-2-26-20-10-8-18(9-11-20)22-21(25)23-19-12-14-24(15-13-19)16-17-6-4-3-5-7-17/h3-11,19H,2,12-16H2,1H3,(H2,22,23,25)/p+1. The van der Waals surface area contributed by atoms with Crippen LogP contribution in [0.2, 0.25) is 0 Å². The lowest BCUT2D eigenvalue weighted by Crippen LogP contribution is -3.12. The van der Waals surface area contributed by atoms with E-state index in [9.17, 15) is 4.79 Å². The van der Waals surface area contributed by atoms with Crippen LogP contribution in [0.25, 0.3) is 0 Å². The predicted molar refractivity (Wildman–Crippen MR) is 104 cm³/mol. The molecule has 1 aliphatic heterocycles. The zero-order chi connectivity index (χ0) is 18.2. The number of amides is 2. The Morgan fingerprint density at radius 1 is 1.08 bits per heavy atom. The van der Waals surface area contributed by atoms with Gasteiger partial charge in [0.15, 0.2) is 0 Å². The van der Waals surface area contributed by atoms with Crippen LogP contribution in [0.4, 0.5) is 10.5 Å². The molecule has 1 saturated heterocycles. The van der Waals surface area contributed by atoms with Crippen molar-refractivity contribution in [2.45, 2.75) is 32.4 Å². The van der Waals surface area contributed by atoms with E-state index in [2.05, 4.69) is 41.0 Å². The van der Waals surface area contributed by atoms with Crippen molar-refractivity contribution in [3.8, 4) is 5.75 Å². The van der Waals surface area contributed by atoms with Crippen molar-refractivity contribution in [1.29, 1.82) is 0 Å². The number of piperidine rings is 1. The normalized spacial score (nSPS) is 19.6. The number of ether oxygens (including phenoxy) is 1. The number of urea groups is 1. The number of likely N-dealkylation sites (tertiary alicyclic amines) is 1. The first kappa shape index (κ1) is 18.3. The van der Waals surface area contributed by atoms with Crippen molar-refractivity contribution in [3.63, 3.8) is 0 Å². The molecule has 2 aromatic carbocycles. The molecule has 26 heavy (non-hydrogen) atoms. The minimum atomic E-state index is -0.134. The second-order valence-corrected chi connectivity index (χ2v) is 6.74. The number of carbonyl (C=O) groups is 1. The third-order valence-corrected chi connectivity index (χ3v) is 4.75. The van der Waals surface area contributed by atoms with Crippen LogP contribution in [-0.2, 0) is 6.54 Å². The SMILES string of the molecule is CCOc1ccc(NC(=O)NC2CC[NH+](Cc3ccccc3)CC2)cc1. The maximum Gasteiger partial charge on any atom is 0.319 e. The molecule has 0 aliphatic carbocycles. The monoisotopic (exact) mass is 354 g/mol. The minimum absolute atomic E-state index is 0.134. The second-order valence-electron chi connectivity index (χ2n) is 6.74. The molecular weight excluding hydrogens is 326 g/mol. The van der Waals surface area contributed by atoms with Gasteiger partial charge in [-0.05, 0) is 31.2 Å². The molecule has 2 aromatic rings. The summed E-state index contributed by atoms with van der Waals surface area (Å²) in [6.45, 7) is 5.82. The van der Waals surface area contributed by atoms with Gasteiger partial charge in [-0.15, -0.1) is 0 Å².